The maximum atomic E-state index is 13.0. The van der Waals surface area contributed by atoms with Crippen LogP contribution in [0.1, 0.15) is 36.5 Å². The number of aryl methyl sites for hydroxylation is 1. The van der Waals surface area contributed by atoms with Crippen LogP contribution in [0.4, 0.5) is 0 Å². The number of rotatable bonds is 8. The minimum Gasteiger partial charge on any atom is -0.493 e. The van der Waals surface area contributed by atoms with Gasteiger partial charge in [-0.3, -0.25) is 4.57 Å². The van der Waals surface area contributed by atoms with E-state index >= 15 is 0 Å². The first-order chi connectivity index (χ1) is 17.5. The van der Waals surface area contributed by atoms with Gasteiger partial charge >= 0.3 is 5.97 Å². The van der Waals surface area contributed by atoms with Crippen molar-refractivity contribution in [2.24, 2.45) is 0 Å². The van der Waals surface area contributed by atoms with Gasteiger partial charge in [-0.1, -0.05) is 35.9 Å². The Balaban J connectivity index is 1.76. The maximum Gasteiger partial charge on any atom is 0.338 e. The monoisotopic (exact) mass is 484 g/mol. The Morgan fingerprint density at radius 1 is 1.08 bits per heavy atom. The Morgan fingerprint density at radius 2 is 1.86 bits per heavy atom. The van der Waals surface area contributed by atoms with E-state index in [1.165, 1.54) is 0 Å². The number of hydrogen-bond acceptors (Lipinski definition) is 6. The van der Waals surface area contributed by atoms with E-state index in [2.05, 4.69) is 12.1 Å². The van der Waals surface area contributed by atoms with Gasteiger partial charge in [-0.05, 0) is 56.2 Å². The van der Waals surface area contributed by atoms with Gasteiger partial charge in [0.1, 0.15) is 24.0 Å². The molecule has 0 saturated heterocycles. The van der Waals surface area contributed by atoms with Crippen molar-refractivity contribution in [1.29, 1.82) is 5.26 Å². The summed E-state index contributed by atoms with van der Waals surface area (Å²) in [6.45, 7) is 6.05. The maximum absolute atomic E-state index is 13.0. The molecule has 2 heterocycles. The third-order valence-corrected chi connectivity index (χ3v) is 5.89. The zero-order valence-electron chi connectivity index (χ0n) is 20.8. The molecule has 0 aliphatic carbocycles. The molecule has 184 valence electrons. The number of nitriles is 1. The van der Waals surface area contributed by atoms with Gasteiger partial charge in [0.15, 0.2) is 11.5 Å². The third kappa shape index (κ3) is 4.98. The average molecular weight is 485 g/mol. The van der Waals surface area contributed by atoms with Crippen molar-refractivity contribution in [3.05, 3.63) is 101 Å². The second-order valence-corrected chi connectivity index (χ2v) is 8.33. The molecule has 7 nitrogen and oxygen atoms in total. The molecule has 0 N–H and O–H groups in total. The summed E-state index contributed by atoms with van der Waals surface area (Å²) in [5.41, 5.74) is 3.44. The fraction of sp³-hybridized carbons (Fsp3) is 0.241. The highest BCUT2D eigenvalue weighted by molar-refractivity contribution is 5.93. The molecule has 1 aliphatic rings. The Labute approximate surface area is 210 Å². The fourth-order valence-corrected chi connectivity index (χ4v) is 4.25. The summed E-state index contributed by atoms with van der Waals surface area (Å²) in [6.07, 6.45) is 3.57. The quantitative estimate of drug-likeness (QED) is 0.380. The molecule has 3 aromatic rings. The Morgan fingerprint density at radius 3 is 2.53 bits per heavy atom. The summed E-state index contributed by atoms with van der Waals surface area (Å²) in [5, 5.41) is 10.2. The predicted molar refractivity (Wildman–Crippen MR) is 135 cm³/mol. The highest BCUT2D eigenvalue weighted by atomic mass is 16.5. The summed E-state index contributed by atoms with van der Waals surface area (Å²) >= 11 is 0. The van der Waals surface area contributed by atoms with E-state index in [0.29, 0.717) is 35.3 Å². The molecule has 0 amide bonds. The van der Waals surface area contributed by atoms with Crippen LogP contribution in [0, 0.1) is 18.3 Å². The highest BCUT2D eigenvalue weighted by Gasteiger charge is 2.38. The molecular formula is C29H28N2O5. The lowest BCUT2D eigenvalue weighted by molar-refractivity contribution is -0.139. The van der Waals surface area contributed by atoms with Gasteiger partial charge in [0.05, 0.1) is 25.2 Å². The van der Waals surface area contributed by atoms with E-state index in [4.69, 9.17) is 18.9 Å². The fourth-order valence-electron chi connectivity index (χ4n) is 4.25. The first kappa shape index (κ1) is 24.7. The number of ether oxygens (including phenoxy) is 4. The van der Waals surface area contributed by atoms with E-state index in [0.717, 1.165) is 11.1 Å². The summed E-state index contributed by atoms with van der Waals surface area (Å²) in [6, 6.07) is 19.4. The number of esters is 1. The summed E-state index contributed by atoms with van der Waals surface area (Å²) in [5.74, 6) is 0.531. The van der Waals surface area contributed by atoms with Gasteiger partial charge in [-0.25, -0.2) is 4.79 Å². The van der Waals surface area contributed by atoms with Crippen molar-refractivity contribution < 1.29 is 23.7 Å². The predicted octanol–water partition coefficient (Wildman–Crippen LogP) is 5.73. The number of carbonyl (C=O) groups is 1. The van der Waals surface area contributed by atoms with Gasteiger partial charge in [0, 0.05) is 12.4 Å². The second-order valence-electron chi connectivity index (χ2n) is 8.33. The topological polar surface area (TPSA) is 82.7 Å². The number of hydrogen-bond donors (Lipinski definition) is 0. The molecule has 7 heteroatoms. The van der Waals surface area contributed by atoms with Crippen molar-refractivity contribution in [1.82, 2.24) is 4.57 Å². The van der Waals surface area contributed by atoms with Gasteiger partial charge in [0.2, 0.25) is 5.88 Å². The molecule has 0 saturated carbocycles. The lowest BCUT2D eigenvalue weighted by Gasteiger charge is -2.29. The molecule has 1 aromatic heterocycles. The minimum atomic E-state index is -0.708. The van der Waals surface area contributed by atoms with E-state index < -0.39 is 11.9 Å². The van der Waals surface area contributed by atoms with Gasteiger partial charge in [0.25, 0.3) is 0 Å². The van der Waals surface area contributed by atoms with Crippen LogP contribution in [0.5, 0.6) is 11.5 Å². The second kappa shape index (κ2) is 10.9. The van der Waals surface area contributed by atoms with Crippen LogP contribution in [-0.4, -0.2) is 24.3 Å². The zero-order chi connectivity index (χ0) is 25.7. The molecule has 1 aliphatic heterocycles. The van der Waals surface area contributed by atoms with Gasteiger partial charge in [-0.2, -0.15) is 5.26 Å². The molecule has 1 atom stereocenters. The van der Waals surface area contributed by atoms with Crippen molar-refractivity contribution in [2.75, 3.05) is 13.7 Å². The van der Waals surface area contributed by atoms with Crippen LogP contribution < -0.4 is 9.47 Å². The van der Waals surface area contributed by atoms with Crippen molar-refractivity contribution >= 4 is 11.9 Å². The largest absolute Gasteiger partial charge is 0.493 e. The van der Waals surface area contributed by atoms with E-state index in [-0.39, 0.29) is 17.8 Å². The molecular weight excluding hydrogens is 456 g/mol. The summed E-state index contributed by atoms with van der Waals surface area (Å²) < 4.78 is 24.7. The lowest BCUT2D eigenvalue weighted by atomic mass is 9.83. The third-order valence-electron chi connectivity index (χ3n) is 5.89. The van der Waals surface area contributed by atoms with E-state index in [1.54, 1.807) is 50.1 Å². The summed E-state index contributed by atoms with van der Waals surface area (Å²) in [4.78, 5) is 13.0. The van der Waals surface area contributed by atoms with Crippen LogP contribution in [0.2, 0.25) is 0 Å². The van der Waals surface area contributed by atoms with Crippen molar-refractivity contribution in [2.45, 2.75) is 33.3 Å². The standard InChI is InChI=1S/C29H28N2O5/c1-5-34-29(32)26-20(3)36-28(31-13-6-7-14-31)23(17-30)27(26)22-11-12-24(25(16-22)33-4)35-18-21-10-8-9-19(2)15-21/h6-16,27H,5,18H2,1-4H3/t27-/m1/s1. The molecule has 0 unspecified atom stereocenters. The van der Waals surface area contributed by atoms with Crippen LogP contribution in [0.3, 0.4) is 0 Å². The Kier molecular flexibility index (Phi) is 7.45. The van der Waals surface area contributed by atoms with Crippen LogP contribution >= 0.6 is 0 Å². The number of benzene rings is 2. The molecule has 0 bridgehead atoms. The van der Waals surface area contributed by atoms with Gasteiger partial charge < -0.3 is 18.9 Å². The van der Waals surface area contributed by atoms with E-state index in [1.807, 2.05) is 43.3 Å². The number of allylic oxidation sites excluding steroid dienone is 2. The van der Waals surface area contributed by atoms with Crippen LogP contribution in [-0.2, 0) is 20.9 Å². The molecule has 0 fully saturated rings. The van der Waals surface area contributed by atoms with Crippen molar-refractivity contribution in [3.8, 4) is 17.6 Å². The first-order valence-electron chi connectivity index (χ1n) is 11.7. The lowest BCUT2D eigenvalue weighted by Crippen LogP contribution is -2.24. The SMILES string of the molecule is CCOC(=O)C1=C(C)OC(n2cccc2)=C(C#N)[C@H]1c1ccc(OCc2cccc(C)c2)c(OC)c1. The first-order valence-corrected chi connectivity index (χ1v) is 11.7. The molecule has 0 spiro atoms. The number of nitrogens with zero attached hydrogens (tertiary/aromatic N) is 2. The molecule has 36 heavy (non-hydrogen) atoms. The Hall–Kier alpha value is -4.44. The molecule has 0 radical (unpaired) electrons. The number of methoxy groups -OCH3 is 1. The normalized spacial score (nSPS) is 15.2. The average Bonchev–Trinajstić information content (AvgIpc) is 3.42. The van der Waals surface area contributed by atoms with Gasteiger partial charge in [-0.15, -0.1) is 0 Å². The highest BCUT2D eigenvalue weighted by Crippen LogP contribution is 2.44. The van der Waals surface area contributed by atoms with Crippen molar-refractivity contribution in [3.63, 3.8) is 0 Å². The van der Waals surface area contributed by atoms with E-state index in [9.17, 15) is 10.1 Å². The van der Waals surface area contributed by atoms with Crippen LogP contribution in [0.15, 0.2) is 83.9 Å². The number of carbonyl (C=O) groups excluding carboxylic acids is 1. The zero-order valence-corrected chi connectivity index (χ0v) is 20.8. The minimum absolute atomic E-state index is 0.202. The smallest absolute Gasteiger partial charge is 0.338 e. The van der Waals surface area contributed by atoms with Crippen LogP contribution in [0.25, 0.3) is 5.88 Å². The summed E-state index contributed by atoms with van der Waals surface area (Å²) in [7, 11) is 1.56. The Bertz CT molecular complexity index is 1360. The molecule has 2 aromatic carbocycles. The number of aromatic nitrogens is 1. The molecule has 4 rings (SSSR count).